The standard InChI is InChI=1S/C19H22FN3O2/c20-15-6-4-14(5-7-15)19(8-2-9-19)18(24)22-16-11-21-23(12-16)13-17-3-1-10-25-17/h4-7,11-12,17H,1-3,8-10,13H2,(H,22,24). The third-order valence-electron chi connectivity index (χ3n) is 5.34. The van der Waals surface area contributed by atoms with Gasteiger partial charge in [0.15, 0.2) is 0 Å². The Bertz CT molecular complexity index is 746. The second-order valence-corrected chi connectivity index (χ2v) is 6.98. The van der Waals surface area contributed by atoms with Crippen LogP contribution in [-0.2, 0) is 21.5 Å². The lowest BCUT2D eigenvalue weighted by molar-refractivity contribution is -0.124. The number of nitrogens with one attached hydrogen (secondary N) is 1. The minimum Gasteiger partial charge on any atom is -0.376 e. The van der Waals surface area contributed by atoms with Crippen LogP contribution < -0.4 is 5.32 Å². The molecule has 1 unspecified atom stereocenters. The number of anilines is 1. The summed E-state index contributed by atoms with van der Waals surface area (Å²) in [6.45, 7) is 1.52. The molecule has 0 bridgehead atoms. The van der Waals surface area contributed by atoms with E-state index in [0.29, 0.717) is 12.2 Å². The summed E-state index contributed by atoms with van der Waals surface area (Å²) in [4.78, 5) is 12.9. The van der Waals surface area contributed by atoms with Gasteiger partial charge in [-0.3, -0.25) is 9.48 Å². The van der Waals surface area contributed by atoms with E-state index in [9.17, 15) is 9.18 Å². The number of benzene rings is 1. The van der Waals surface area contributed by atoms with Crippen molar-refractivity contribution in [3.05, 3.63) is 48.0 Å². The lowest BCUT2D eigenvalue weighted by Gasteiger charge is -2.40. The fraction of sp³-hybridized carbons (Fsp3) is 0.474. The van der Waals surface area contributed by atoms with Gasteiger partial charge in [0.05, 0.1) is 29.9 Å². The largest absolute Gasteiger partial charge is 0.376 e. The Labute approximate surface area is 146 Å². The van der Waals surface area contributed by atoms with Crippen LogP contribution in [0.3, 0.4) is 0 Å². The average molecular weight is 343 g/mol. The first-order chi connectivity index (χ1) is 12.2. The van der Waals surface area contributed by atoms with E-state index in [1.807, 2.05) is 10.9 Å². The molecule has 1 atom stereocenters. The Hall–Kier alpha value is -2.21. The van der Waals surface area contributed by atoms with Crippen molar-refractivity contribution in [2.24, 2.45) is 0 Å². The van der Waals surface area contributed by atoms with Crippen LogP contribution >= 0.6 is 0 Å². The molecule has 1 saturated heterocycles. The quantitative estimate of drug-likeness (QED) is 0.906. The molecule has 1 amide bonds. The molecule has 1 aliphatic heterocycles. The van der Waals surface area contributed by atoms with E-state index in [4.69, 9.17) is 4.74 Å². The number of aromatic nitrogens is 2. The summed E-state index contributed by atoms with van der Waals surface area (Å²) in [5, 5.41) is 7.30. The van der Waals surface area contributed by atoms with Crippen LogP contribution in [0.1, 0.15) is 37.7 Å². The molecule has 1 aromatic carbocycles. The summed E-state index contributed by atoms with van der Waals surface area (Å²) in [5.74, 6) is -0.323. The predicted molar refractivity (Wildman–Crippen MR) is 91.8 cm³/mol. The fourth-order valence-corrected chi connectivity index (χ4v) is 3.72. The van der Waals surface area contributed by atoms with Crippen LogP contribution in [0.4, 0.5) is 10.1 Å². The van der Waals surface area contributed by atoms with Crippen molar-refractivity contribution in [2.45, 2.75) is 50.2 Å². The molecular formula is C19H22FN3O2. The predicted octanol–water partition coefficient (Wildman–Crippen LogP) is 3.26. The first-order valence-electron chi connectivity index (χ1n) is 8.87. The first kappa shape index (κ1) is 16.3. The lowest BCUT2D eigenvalue weighted by Crippen LogP contribution is -2.45. The van der Waals surface area contributed by atoms with E-state index < -0.39 is 5.41 Å². The zero-order chi connectivity index (χ0) is 17.3. The van der Waals surface area contributed by atoms with Crippen molar-refractivity contribution in [1.82, 2.24) is 9.78 Å². The van der Waals surface area contributed by atoms with Gasteiger partial charge >= 0.3 is 0 Å². The molecule has 5 nitrogen and oxygen atoms in total. The van der Waals surface area contributed by atoms with Crippen LogP contribution in [0.25, 0.3) is 0 Å². The van der Waals surface area contributed by atoms with Gasteiger partial charge in [0, 0.05) is 12.8 Å². The number of carbonyl (C=O) groups is 1. The van der Waals surface area contributed by atoms with E-state index in [2.05, 4.69) is 10.4 Å². The van der Waals surface area contributed by atoms with Gasteiger partial charge in [0.25, 0.3) is 0 Å². The Morgan fingerprint density at radius 1 is 1.32 bits per heavy atom. The van der Waals surface area contributed by atoms with Gasteiger partial charge in [-0.15, -0.1) is 0 Å². The van der Waals surface area contributed by atoms with Crippen molar-refractivity contribution in [2.75, 3.05) is 11.9 Å². The number of hydrogen-bond donors (Lipinski definition) is 1. The summed E-state index contributed by atoms with van der Waals surface area (Å²) in [7, 11) is 0. The summed E-state index contributed by atoms with van der Waals surface area (Å²) in [6.07, 6.45) is 8.44. The Balaban J connectivity index is 1.45. The molecule has 25 heavy (non-hydrogen) atoms. The molecule has 0 radical (unpaired) electrons. The topological polar surface area (TPSA) is 56.2 Å². The maximum Gasteiger partial charge on any atom is 0.235 e. The molecule has 2 fully saturated rings. The SMILES string of the molecule is O=C(Nc1cnn(CC2CCCO2)c1)C1(c2ccc(F)cc2)CCC1. The highest BCUT2D eigenvalue weighted by Crippen LogP contribution is 2.44. The van der Waals surface area contributed by atoms with E-state index in [1.165, 1.54) is 12.1 Å². The van der Waals surface area contributed by atoms with Crippen molar-refractivity contribution in [3.63, 3.8) is 0 Å². The van der Waals surface area contributed by atoms with Crippen molar-refractivity contribution < 1.29 is 13.9 Å². The van der Waals surface area contributed by atoms with E-state index in [0.717, 1.165) is 44.3 Å². The summed E-state index contributed by atoms with van der Waals surface area (Å²) in [5.41, 5.74) is 1.02. The zero-order valence-electron chi connectivity index (χ0n) is 14.1. The molecule has 6 heteroatoms. The molecule has 1 aliphatic carbocycles. The molecule has 1 N–H and O–H groups in total. The number of hydrogen-bond acceptors (Lipinski definition) is 3. The first-order valence-corrected chi connectivity index (χ1v) is 8.87. The number of ether oxygens (including phenoxy) is 1. The number of nitrogens with zero attached hydrogens (tertiary/aromatic N) is 2. The van der Waals surface area contributed by atoms with Gasteiger partial charge in [0.1, 0.15) is 5.82 Å². The van der Waals surface area contributed by atoms with Gasteiger partial charge in [-0.25, -0.2) is 4.39 Å². The molecule has 2 aromatic rings. The van der Waals surface area contributed by atoms with Gasteiger partial charge in [-0.05, 0) is 43.4 Å². The van der Waals surface area contributed by atoms with Crippen LogP contribution in [0.15, 0.2) is 36.7 Å². The highest BCUT2D eigenvalue weighted by molar-refractivity contribution is 5.99. The molecule has 2 aliphatic rings. The maximum absolute atomic E-state index is 13.2. The number of amides is 1. The smallest absolute Gasteiger partial charge is 0.235 e. The van der Waals surface area contributed by atoms with Crippen LogP contribution in [0.5, 0.6) is 0 Å². The molecule has 132 valence electrons. The van der Waals surface area contributed by atoms with Crippen molar-refractivity contribution in [3.8, 4) is 0 Å². The molecule has 1 saturated carbocycles. The molecule has 4 rings (SSSR count). The van der Waals surface area contributed by atoms with Gasteiger partial charge in [-0.1, -0.05) is 18.6 Å². The second kappa shape index (κ2) is 6.59. The van der Waals surface area contributed by atoms with E-state index in [-0.39, 0.29) is 17.8 Å². The fourth-order valence-electron chi connectivity index (χ4n) is 3.72. The van der Waals surface area contributed by atoms with Crippen molar-refractivity contribution >= 4 is 11.6 Å². The molecule has 0 spiro atoms. The number of rotatable bonds is 5. The molecule has 1 aromatic heterocycles. The maximum atomic E-state index is 13.2. The minimum atomic E-state index is -0.551. The third-order valence-corrected chi connectivity index (χ3v) is 5.34. The van der Waals surface area contributed by atoms with Crippen LogP contribution in [-0.4, -0.2) is 28.4 Å². The highest BCUT2D eigenvalue weighted by Gasteiger charge is 2.45. The van der Waals surface area contributed by atoms with Crippen LogP contribution in [0.2, 0.25) is 0 Å². The summed E-state index contributed by atoms with van der Waals surface area (Å²) < 4.78 is 20.6. The van der Waals surface area contributed by atoms with Crippen molar-refractivity contribution in [1.29, 1.82) is 0 Å². The highest BCUT2D eigenvalue weighted by atomic mass is 19.1. The van der Waals surface area contributed by atoms with Gasteiger partial charge < -0.3 is 10.1 Å². The summed E-state index contributed by atoms with van der Waals surface area (Å²) >= 11 is 0. The zero-order valence-corrected chi connectivity index (χ0v) is 14.1. The second-order valence-electron chi connectivity index (χ2n) is 6.98. The monoisotopic (exact) mass is 343 g/mol. The van der Waals surface area contributed by atoms with E-state index >= 15 is 0 Å². The third kappa shape index (κ3) is 3.18. The summed E-state index contributed by atoms with van der Waals surface area (Å²) in [6, 6.07) is 6.27. The van der Waals surface area contributed by atoms with Crippen LogP contribution in [0, 0.1) is 5.82 Å². The molecule has 2 heterocycles. The normalized spacial score (nSPS) is 21.7. The minimum absolute atomic E-state index is 0.0398. The Morgan fingerprint density at radius 3 is 2.76 bits per heavy atom. The number of carbonyl (C=O) groups excluding carboxylic acids is 1. The number of halogens is 1. The van der Waals surface area contributed by atoms with E-state index in [1.54, 1.807) is 18.3 Å². The van der Waals surface area contributed by atoms with Gasteiger partial charge in [0.2, 0.25) is 5.91 Å². The van der Waals surface area contributed by atoms with Gasteiger partial charge in [-0.2, -0.15) is 5.10 Å². The Kier molecular flexibility index (Phi) is 4.29. The average Bonchev–Trinajstić information content (AvgIpc) is 3.21. The lowest BCUT2D eigenvalue weighted by atomic mass is 9.64. The molecular weight excluding hydrogens is 321 g/mol. The Morgan fingerprint density at radius 2 is 2.12 bits per heavy atom.